The fraction of sp³-hybridized carbons (Fsp3) is 0.571. The van der Waals surface area contributed by atoms with E-state index in [1.54, 1.807) is 0 Å². The van der Waals surface area contributed by atoms with E-state index in [1.807, 2.05) is 13.0 Å². The van der Waals surface area contributed by atoms with E-state index in [9.17, 15) is 0 Å². The molecule has 0 aliphatic rings. The molecule has 1 rings (SSSR count). The molecule has 90 valence electrons. The summed E-state index contributed by atoms with van der Waals surface area (Å²) in [5.41, 5.74) is 8.55. The maximum absolute atomic E-state index is 6.20. The lowest BCUT2D eigenvalue weighted by molar-refractivity contribution is 0.344. The first-order valence-corrected chi connectivity index (χ1v) is 6.30. The number of hydrogen-bond acceptors (Lipinski definition) is 1. The van der Waals surface area contributed by atoms with Gasteiger partial charge in [-0.05, 0) is 42.4 Å². The van der Waals surface area contributed by atoms with Crippen molar-refractivity contribution in [2.45, 2.75) is 40.2 Å². The minimum absolute atomic E-state index is 0.181. The molecule has 0 amide bonds. The van der Waals surface area contributed by atoms with E-state index in [0.29, 0.717) is 11.8 Å². The van der Waals surface area contributed by atoms with Crippen molar-refractivity contribution in [3.8, 4) is 0 Å². The lowest BCUT2D eigenvalue weighted by Crippen LogP contribution is -2.33. The number of hydrogen-bond donors (Lipinski definition) is 1. The van der Waals surface area contributed by atoms with Gasteiger partial charge in [0.05, 0.1) is 0 Å². The van der Waals surface area contributed by atoms with Crippen molar-refractivity contribution in [1.29, 1.82) is 0 Å². The molecule has 0 aliphatic carbocycles. The number of halogens is 1. The first-order chi connectivity index (χ1) is 7.41. The summed E-state index contributed by atoms with van der Waals surface area (Å²) in [6.45, 7) is 8.67. The smallest absolute Gasteiger partial charge is 0.0441 e. The topological polar surface area (TPSA) is 26.0 Å². The second-order valence-corrected chi connectivity index (χ2v) is 5.47. The van der Waals surface area contributed by atoms with Gasteiger partial charge in [-0.2, -0.15) is 0 Å². The number of aryl methyl sites for hydroxylation is 1. The van der Waals surface area contributed by atoms with Gasteiger partial charge in [0.2, 0.25) is 0 Å². The highest BCUT2D eigenvalue weighted by Crippen LogP contribution is 2.22. The average molecular weight is 240 g/mol. The quantitative estimate of drug-likeness (QED) is 0.850. The Morgan fingerprint density at radius 3 is 2.38 bits per heavy atom. The molecule has 2 atom stereocenters. The highest BCUT2D eigenvalue weighted by Gasteiger charge is 2.17. The molecule has 0 aromatic heterocycles. The third-order valence-corrected chi connectivity index (χ3v) is 3.74. The van der Waals surface area contributed by atoms with Gasteiger partial charge in [-0.3, -0.25) is 0 Å². The number of rotatable bonds is 4. The van der Waals surface area contributed by atoms with Crippen LogP contribution in [0.3, 0.4) is 0 Å². The van der Waals surface area contributed by atoms with Crippen molar-refractivity contribution in [3.63, 3.8) is 0 Å². The molecule has 0 bridgehead atoms. The lowest BCUT2D eigenvalue weighted by Gasteiger charge is -2.23. The summed E-state index contributed by atoms with van der Waals surface area (Å²) in [5, 5.41) is 0.839. The van der Waals surface area contributed by atoms with E-state index in [4.69, 9.17) is 17.3 Å². The monoisotopic (exact) mass is 239 g/mol. The summed E-state index contributed by atoms with van der Waals surface area (Å²) in [4.78, 5) is 0. The Hall–Kier alpha value is -0.530. The molecule has 2 N–H and O–H groups in total. The van der Waals surface area contributed by atoms with Crippen LogP contribution in [0, 0.1) is 18.8 Å². The summed E-state index contributed by atoms with van der Waals surface area (Å²) < 4.78 is 0. The fourth-order valence-electron chi connectivity index (χ4n) is 1.75. The first-order valence-electron chi connectivity index (χ1n) is 5.92. The Morgan fingerprint density at radius 1 is 1.25 bits per heavy atom. The van der Waals surface area contributed by atoms with Crippen molar-refractivity contribution in [2.75, 3.05) is 0 Å². The molecule has 0 radical (unpaired) electrons. The van der Waals surface area contributed by atoms with Crippen molar-refractivity contribution in [1.82, 2.24) is 0 Å². The second kappa shape index (κ2) is 5.70. The largest absolute Gasteiger partial charge is 0.327 e. The minimum atomic E-state index is 0.181. The SMILES string of the molecule is Cc1ccc(CC(N)C(C)C(C)C)c(Cl)c1. The van der Waals surface area contributed by atoms with Gasteiger partial charge in [0.15, 0.2) is 0 Å². The third-order valence-electron chi connectivity index (χ3n) is 3.39. The molecule has 0 aliphatic heterocycles. The van der Waals surface area contributed by atoms with Gasteiger partial charge in [-0.15, -0.1) is 0 Å². The van der Waals surface area contributed by atoms with Gasteiger partial charge in [-0.25, -0.2) is 0 Å². The Balaban J connectivity index is 2.73. The predicted molar refractivity (Wildman–Crippen MR) is 71.9 cm³/mol. The van der Waals surface area contributed by atoms with Crippen molar-refractivity contribution < 1.29 is 0 Å². The second-order valence-electron chi connectivity index (χ2n) is 5.07. The molecule has 0 saturated heterocycles. The van der Waals surface area contributed by atoms with Gasteiger partial charge < -0.3 is 5.73 Å². The maximum atomic E-state index is 6.20. The van der Waals surface area contributed by atoms with Gasteiger partial charge >= 0.3 is 0 Å². The van der Waals surface area contributed by atoms with Gasteiger partial charge in [0.1, 0.15) is 0 Å². The zero-order chi connectivity index (χ0) is 12.3. The maximum Gasteiger partial charge on any atom is 0.0441 e. The van der Waals surface area contributed by atoms with Crippen LogP contribution in [0.25, 0.3) is 0 Å². The van der Waals surface area contributed by atoms with E-state index in [-0.39, 0.29) is 6.04 Å². The van der Waals surface area contributed by atoms with Crippen LogP contribution in [0.5, 0.6) is 0 Å². The molecule has 1 aromatic carbocycles. The van der Waals surface area contributed by atoms with Crippen LogP contribution in [0.1, 0.15) is 31.9 Å². The van der Waals surface area contributed by atoms with E-state index in [2.05, 4.69) is 32.9 Å². The normalized spacial score (nSPS) is 15.2. The summed E-state index contributed by atoms with van der Waals surface area (Å²) in [6, 6.07) is 6.36. The number of nitrogens with two attached hydrogens (primary N) is 1. The minimum Gasteiger partial charge on any atom is -0.327 e. The first kappa shape index (κ1) is 13.5. The standard InChI is InChI=1S/C14H22ClN/c1-9(2)11(4)14(16)8-12-6-5-10(3)7-13(12)15/h5-7,9,11,14H,8,16H2,1-4H3. The molecule has 2 heteroatoms. The van der Waals surface area contributed by atoms with Gasteiger partial charge in [0, 0.05) is 11.1 Å². The van der Waals surface area contributed by atoms with Gasteiger partial charge in [0.25, 0.3) is 0 Å². The Labute approximate surface area is 104 Å². The third kappa shape index (κ3) is 3.50. The highest BCUT2D eigenvalue weighted by atomic mass is 35.5. The Bertz CT molecular complexity index is 347. The molecular weight excluding hydrogens is 218 g/mol. The summed E-state index contributed by atoms with van der Waals surface area (Å²) >= 11 is 6.20. The molecule has 1 nitrogen and oxygen atoms in total. The average Bonchev–Trinajstić information content (AvgIpc) is 2.20. The van der Waals surface area contributed by atoms with Crippen LogP contribution in [0.15, 0.2) is 18.2 Å². The fourth-order valence-corrected chi connectivity index (χ4v) is 2.06. The van der Waals surface area contributed by atoms with E-state index >= 15 is 0 Å². The summed E-state index contributed by atoms with van der Waals surface area (Å²) in [6.07, 6.45) is 0.860. The lowest BCUT2D eigenvalue weighted by atomic mass is 9.87. The molecule has 0 saturated carbocycles. The van der Waals surface area contributed by atoms with Crippen molar-refractivity contribution in [3.05, 3.63) is 34.3 Å². The van der Waals surface area contributed by atoms with Crippen LogP contribution in [0.4, 0.5) is 0 Å². The zero-order valence-electron chi connectivity index (χ0n) is 10.6. The van der Waals surface area contributed by atoms with Crippen LogP contribution < -0.4 is 5.73 Å². The van der Waals surface area contributed by atoms with Crippen LogP contribution in [-0.2, 0) is 6.42 Å². The van der Waals surface area contributed by atoms with E-state index in [0.717, 1.165) is 17.0 Å². The molecular formula is C14H22ClN. The Morgan fingerprint density at radius 2 is 1.88 bits per heavy atom. The number of benzene rings is 1. The molecule has 0 spiro atoms. The molecule has 2 unspecified atom stereocenters. The van der Waals surface area contributed by atoms with Gasteiger partial charge in [-0.1, -0.05) is 44.5 Å². The predicted octanol–water partition coefficient (Wildman–Crippen LogP) is 3.81. The molecule has 0 fully saturated rings. The Kier molecular flexibility index (Phi) is 4.82. The van der Waals surface area contributed by atoms with Crippen LogP contribution in [-0.4, -0.2) is 6.04 Å². The van der Waals surface area contributed by atoms with Crippen LogP contribution >= 0.6 is 11.6 Å². The molecule has 16 heavy (non-hydrogen) atoms. The van der Waals surface area contributed by atoms with E-state index < -0.39 is 0 Å². The zero-order valence-corrected chi connectivity index (χ0v) is 11.4. The molecule has 0 heterocycles. The summed E-state index contributed by atoms with van der Waals surface area (Å²) in [7, 11) is 0. The van der Waals surface area contributed by atoms with Crippen molar-refractivity contribution >= 4 is 11.6 Å². The van der Waals surface area contributed by atoms with E-state index in [1.165, 1.54) is 5.56 Å². The summed E-state index contributed by atoms with van der Waals surface area (Å²) in [5.74, 6) is 1.12. The molecule has 1 aromatic rings. The van der Waals surface area contributed by atoms with Crippen molar-refractivity contribution in [2.24, 2.45) is 17.6 Å². The van der Waals surface area contributed by atoms with Crippen LogP contribution in [0.2, 0.25) is 5.02 Å². The highest BCUT2D eigenvalue weighted by molar-refractivity contribution is 6.31.